The van der Waals surface area contributed by atoms with E-state index in [1.807, 2.05) is 0 Å². The van der Waals surface area contributed by atoms with Crippen molar-refractivity contribution in [3.63, 3.8) is 0 Å². The molecule has 0 aliphatic carbocycles. The van der Waals surface area contributed by atoms with Gasteiger partial charge in [0.2, 0.25) is 3.79 Å². The Bertz CT molecular complexity index is 150. The highest BCUT2D eigenvalue weighted by atomic mass is 35.6. The molecule has 0 heterocycles. The summed E-state index contributed by atoms with van der Waals surface area (Å²) in [5, 5.41) is 0. The zero-order valence-corrected chi connectivity index (χ0v) is 9.03. The summed E-state index contributed by atoms with van der Waals surface area (Å²) in [6, 6.07) is 0. The van der Waals surface area contributed by atoms with E-state index in [4.69, 9.17) is 39.7 Å². The van der Waals surface area contributed by atoms with E-state index in [9.17, 15) is 0 Å². The van der Waals surface area contributed by atoms with Crippen molar-refractivity contribution in [2.24, 2.45) is 0 Å². The summed E-state index contributed by atoms with van der Waals surface area (Å²) in [5.74, 6) is 0. The van der Waals surface area contributed by atoms with Gasteiger partial charge in [0.25, 0.3) is 0 Å². The number of hydrogen-bond acceptors (Lipinski definition) is 2. The van der Waals surface area contributed by atoms with Crippen LogP contribution in [0.5, 0.6) is 0 Å². The zero-order chi connectivity index (χ0) is 8.41. The first-order valence-electron chi connectivity index (χ1n) is 2.22. The van der Waals surface area contributed by atoms with Gasteiger partial charge in [-0.3, -0.25) is 0 Å². The predicted molar refractivity (Wildman–Crippen MR) is 48.7 cm³/mol. The van der Waals surface area contributed by atoms with Gasteiger partial charge in [0.15, 0.2) is 6.49 Å². The van der Waals surface area contributed by atoms with Gasteiger partial charge in [-0.1, -0.05) is 34.8 Å². The molecule has 62 valence electrons. The van der Waals surface area contributed by atoms with Gasteiger partial charge in [-0.15, -0.1) is 0 Å². The predicted octanol–water partition coefficient (Wildman–Crippen LogP) is 2.30. The maximum Gasteiger partial charge on any atom is 0.213 e. The lowest BCUT2D eigenvalue weighted by atomic mass is 10.9. The molecular formula is C3H6Cl3O2PS. The van der Waals surface area contributed by atoms with E-state index in [1.165, 1.54) is 6.66 Å². The third-order valence-electron chi connectivity index (χ3n) is 0.468. The van der Waals surface area contributed by atoms with E-state index >= 15 is 0 Å². The third kappa shape index (κ3) is 9.44. The van der Waals surface area contributed by atoms with E-state index < -0.39 is 10.3 Å². The van der Waals surface area contributed by atoms with Crippen LogP contribution in [0.1, 0.15) is 0 Å². The summed E-state index contributed by atoms with van der Waals surface area (Å²) in [7, 11) is 0. The van der Waals surface area contributed by atoms with Crippen LogP contribution in [0.25, 0.3) is 0 Å². The van der Waals surface area contributed by atoms with Crippen molar-refractivity contribution < 1.29 is 9.42 Å². The molecule has 1 N–H and O–H groups in total. The summed E-state index contributed by atoms with van der Waals surface area (Å²) in [4.78, 5) is 8.91. The maximum absolute atomic E-state index is 8.91. The van der Waals surface area contributed by atoms with Crippen molar-refractivity contribution in [3.8, 4) is 0 Å². The van der Waals surface area contributed by atoms with Crippen LogP contribution in [0.3, 0.4) is 0 Å². The zero-order valence-electron chi connectivity index (χ0n) is 5.05. The molecule has 0 fully saturated rings. The van der Waals surface area contributed by atoms with Gasteiger partial charge < -0.3 is 9.42 Å². The molecule has 2 nitrogen and oxygen atoms in total. The molecule has 0 saturated carbocycles. The number of alkyl halides is 3. The molecule has 0 saturated heterocycles. The molecule has 1 unspecified atom stereocenters. The average molecular weight is 243 g/mol. The molecule has 10 heavy (non-hydrogen) atoms. The monoisotopic (exact) mass is 242 g/mol. The van der Waals surface area contributed by atoms with Crippen molar-refractivity contribution in [3.05, 3.63) is 0 Å². The second-order valence-electron chi connectivity index (χ2n) is 1.69. The van der Waals surface area contributed by atoms with Crippen molar-refractivity contribution in [1.82, 2.24) is 0 Å². The minimum absolute atomic E-state index is 0.179. The number of rotatable bonds is 2. The highest BCUT2D eigenvalue weighted by Gasteiger charge is 2.22. The van der Waals surface area contributed by atoms with Gasteiger partial charge in [0, 0.05) is 6.66 Å². The Kier molecular flexibility index (Phi) is 4.46. The molecule has 1 atom stereocenters. The molecule has 0 rings (SSSR count). The highest BCUT2D eigenvalue weighted by molar-refractivity contribution is 8.09. The van der Waals surface area contributed by atoms with Crippen LogP contribution in [-0.2, 0) is 16.3 Å². The van der Waals surface area contributed by atoms with Gasteiger partial charge in [-0.05, 0) is 11.8 Å². The van der Waals surface area contributed by atoms with E-state index in [0.29, 0.717) is 0 Å². The molecule has 0 amide bonds. The van der Waals surface area contributed by atoms with Crippen molar-refractivity contribution in [1.29, 1.82) is 0 Å². The van der Waals surface area contributed by atoms with E-state index in [-0.39, 0.29) is 6.61 Å². The van der Waals surface area contributed by atoms with Gasteiger partial charge in [0.05, 0.1) is 0 Å². The molecule has 0 aromatic rings. The minimum atomic E-state index is -2.68. The molecule has 0 aromatic heterocycles. The molecule has 0 aliphatic heterocycles. The quantitative estimate of drug-likeness (QED) is 0.596. The number of hydrogen-bond donors (Lipinski definition) is 1. The van der Waals surface area contributed by atoms with Crippen LogP contribution in [0.4, 0.5) is 0 Å². The van der Waals surface area contributed by atoms with Gasteiger partial charge in [-0.2, -0.15) is 0 Å². The Morgan fingerprint density at radius 2 is 2.00 bits per heavy atom. The lowest BCUT2D eigenvalue weighted by Gasteiger charge is -2.14. The maximum atomic E-state index is 8.91. The normalized spacial score (nSPS) is 18.5. The van der Waals surface area contributed by atoms with Crippen LogP contribution in [0.15, 0.2) is 0 Å². The molecule has 7 heteroatoms. The fourth-order valence-electron chi connectivity index (χ4n) is 0.193. The summed E-state index contributed by atoms with van der Waals surface area (Å²) in [5.41, 5.74) is 0. The van der Waals surface area contributed by atoms with Gasteiger partial charge >= 0.3 is 0 Å². The summed E-state index contributed by atoms with van der Waals surface area (Å²) >= 11 is 20.4. The van der Waals surface area contributed by atoms with Gasteiger partial charge in [0.1, 0.15) is 6.61 Å². The van der Waals surface area contributed by atoms with E-state index in [1.54, 1.807) is 0 Å². The molecule has 0 bridgehead atoms. The Morgan fingerprint density at radius 3 is 2.10 bits per heavy atom. The Balaban J connectivity index is 3.67. The first-order chi connectivity index (χ1) is 4.21. The molecule has 0 radical (unpaired) electrons. The number of halogens is 3. The van der Waals surface area contributed by atoms with Crippen molar-refractivity contribution in [2.45, 2.75) is 3.79 Å². The first-order valence-corrected chi connectivity index (χ1v) is 6.48. The fourth-order valence-corrected chi connectivity index (χ4v) is 1.18. The molecule has 0 spiro atoms. The Morgan fingerprint density at radius 1 is 1.60 bits per heavy atom. The van der Waals surface area contributed by atoms with E-state index in [2.05, 4.69) is 16.3 Å². The first kappa shape index (κ1) is 11.4. The van der Waals surface area contributed by atoms with Gasteiger partial charge in [-0.25, -0.2) is 0 Å². The van der Waals surface area contributed by atoms with Crippen LogP contribution < -0.4 is 0 Å². The van der Waals surface area contributed by atoms with Crippen LogP contribution in [-0.4, -0.2) is 22.0 Å². The lowest BCUT2D eigenvalue weighted by Crippen LogP contribution is -2.11. The lowest BCUT2D eigenvalue weighted by molar-refractivity contribution is 0.319. The Hall–Kier alpha value is 1.44. The highest BCUT2D eigenvalue weighted by Crippen LogP contribution is 2.40. The van der Waals surface area contributed by atoms with Crippen molar-refractivity contribution in [2.75, 3.05) is 13.3 Å². The summed E-state index contributed by atoms with van der Waals surface area (Å²) in [6.45, 7) is -1.47. The minimum Gasteiger partial charge on any atom is -0.345 e. The SMILES string of the molecule is CP(O)(=S)OCC(Cl)(Cl)Cl. The second kappa shape index (κ2) is 3.90. The fraction of sp³-hybridized carbons (Fsp3) is 1.00. The van der Waals surface area contributed by atoms with Crippen LogP contribution >= 0.6 is 41.3 Å². The second-order valence-corrected chi connectivity index (χ2v) is 8.10. The van der Waals surface area contributed by atoms with Crippen LogP contribution in [0.2, 0.25) is 0 Å². The average Bonchev–Trinajstić information content (AvgIpc) is 1.57. The topological polar surface area (TPSA) is 29.5 Å². The standard InChI is InChI=1S/C3H6Cl3O2PS/c1-9(7,10)8-2-3(4,5)6/h2H2,1H3,(H,7,10). The molecule has 0 aliphatic rings. The molecule has 0 aromatic carbocycles. The van der Waals surface area contributed by atoms with Crippen LogP contribution in [0, 0.1) is 0 Å². The smallest absolute Gasteiger partial charge is 0.213 e. The Labute approximate surface area is 79.6 Å². The third-order valence-corrected chi connectivity index (χ3v) is 1.72. The summed E-state index contributed by atoms with van der Waals surface area (Å²) in [6.07, 6.45) is 0. The van der Waals surface area contributed by atoms with E-state index in [0.717, 1.165) is 0 Å². The largest absolute Gasteiger partial charge is 0.345 e. The molecular weight excluding hydrogens is 237 g/mol. The van der Waals surface area contributed by atoms with Crippen molar-refractivity contribution >= 4 is 53.1 Å². The summed E-state index contributed by atoms with van der Waals surface area (Å²) < 4.78 is 3.18.